The van der Waals surface area contributed by atoms with E-state index in [1.165, 1.54) is 12.1 Å². The third-order valence-corrected chi connectivity index (χ3v) is 4.15. The first-order valence-corrected chi connectivity index (χ1v) is 8.00. The molecule has 0 saturated heterocycles. The second-order valence-corrected chi connectivity index (χ2v) is 5.68. The summed E-state index contributed by atoms with van der Waals surface area (Å²) in [4.78, 5) is 23.8. The summed E-state index contributed by atoms with van der Waals surface area (Å²) < 4.78 is 5.51. The lowest BCUT2D eigenvalue weighted by Crippen LogP contribution is -2.30. The molecule has 4 N–H and O–H groups in total. The Morgan fingerprint density at radius 2 is 1.77 bits per heavy atom. The minimum absolute atomic E-state index is 0.176. The number of nitrogens with one attached hydrogen (secondary N) is 3. The molecule has 1 amide bonds. The van der Waals surface area contributed by atoms with Crippen molar-refractivity contribution >= 4 is 23.3 Å². The molecule has 1 aliphatic heterocycles. The Morgan fingerprint density at radius 3 is 2.38 bits per heavy atom. The van der Waals surface area contributed by atoms with Gasteiger partial charge in [-0.3, -0.25) is 4.79 Å². The standard InChI is InChI=1S/C19H19N3O4/c1-20-15(11-7-9-12(10-8-11)19(24)25)16-17(23)21-14-6-4-3-5-13(14)18(22-16)26-2/h3-10,18,20,22H,1-2H3,(H,21,23)(H,24,25). The largest absolute Gasteiger partial charge is 0.478 e. The lowest BCUT2D eigenvalue weighted by atomic mass is 10.1. The molecule has 2 aromatic carbocycles. The summed E-state index contributed by atoms with van der Waals surface area (Å²) >= 11 is 0. The first-order chi connectivity index (χ1) is 12.5. The van der Waals surface area contributed by atoms with Gasteiger partial charge in [0.2, 0.25) is 0 Å². The number of aromatic carboxylic acids is 1. The fraction of sp³-hybridized carbons (Fsp3) is 0.158. The van der Waals surface area contributed by atoms with Gasteiger partial charge >= 0.3 is 5.97 Å². The van der Waals surface area contributed by atoms with Gasteiger partial charge in [-0.25, -0.2) is 4.79 Å². The Balaban J connectivity index is 2.06. The molecule has 1 atom stereocenters. The zero-order chi connectivity index (χ0) is 18.7. The van der Waals surface area contributed by atoms with Crippen molar-refractivity contribution in [1.29, 1.82) is 0 Å². The number of methoxy groups -OCH3 is 1. The van der Waals surface area contributed by atoms with Crippen LogP contribution in [0.3, 0.4) is 0 Å². The first kappa shape index (κ1) is 17.5. The van der Waals surface area contributed by atoms with Crippen LogP contribution in [0.1, 0.15) is 27.7 Å². The van der Waals surface area contributed by atoms with E-state index in [0.29, 0.717) is 22.6 Å². The molecule has 2 aromatic rings. The maximum atomic E-state index is 12.8. The second kappa shape index (κ2) is 7.28. The predicted octanol–water partition coefficient (Wildman–Crippen LogP) is 2.16. The van der Waals surface area contributed by atoms with Crippen LogP contribution in [0.4, 0.5) is 5.69 Å². The number of anilines is 1. The molecule has 0 fully saturated rings. The Labute approximate surface area is 150 Å². The van der Waals surface area contributed by atoms with Gasteiger partial charge in [0.1, 0.15) is 5.70 Å². The van der Waals surface area contributed by atoms with Crippen LogP contribution in [0.5, 0.6) is 0 Å². The Kier molecular flexibility index (Phi) is 4.90. The van der Waals surface area contributed by atoms with E-state index in [2.05, 4.69) is 16.0 Å². The summed E-state index contributed by atoms with van der Waals surface area (Å²) in [5.74, 6) is -1.32. The minimum Gasteiger partial charge on any atom is -0.478 e. The Morgan fingerprint density at radius 1 is 1.12 bits per heavy atom. The highest BCUT2D eigenvalue weighted by molar-refractivity contribution is 6.09. The molecule has 26 heavy (non-hydrogen) atoms. The quantitative estimate of drug-likeness (QED) is 0.629. The van der Waals surface area contributed by atoms with Crippen LogP contribution < -0.4 is 16.0 Å². The number of carboxylic acids is 1. The molecular formula is C19H19N3O4. The van der Waals surface area contributed by atoms with E-state index in [9.17, 15) is 9.59 Å². The highest BCUT2D eigenvalue weighted by atomic mass is 16.5. The fourth-order valence-corrected chi connectivity index (χ4v) is 2.86. The molecule has 0 aliphatic carbocycles. The van der Waals surface area contributed by atoms with E-state index in [1.54, 1.807) is 26.3 Å². The average Bonchev–Trinajstić information content (AvgIpc) is 2.79. The zero-order valence-electron chi connectivity index (χ0n) is 14.4. The average molecular weight is 353 g/mol. The molecule has 0 bridgehead atoms. The minimum atomic E-state index is -1.00. The number of hydrogen-bond acceptors (Lipinski definition) is 5. The molecule has 3 rings (SSSR count). The van der Waals surface area contributed by atoms with Crippen LogP contribution in [-0.4, -0.2) is 31.1 Å². The molecule has 7 nitrogen and oxygen atoms in total. The molecule has 1 aliphatic rings. The van der Waals surface area contributed by atoms with Crippen LogP contribution >= 0.6 is 0 Å². The number of carbonyl (C=O) groups excluding carboxylic acids is 1. The summed E-state index contributed by atoms with van der Waals surface area (Å²) in [6.45, 7) is 0. The Hall–Kier alpha value is -3.32. The molecule has 0 spiro atoms. The monoisotopic (exact) mass is 353 g/mol. The molecular weight excluding hydrogens is 334 g/mol. The number of fused-ring (bicyclic) bond motifs is 1. The van der Waals surface area contributed by atoms with Gasteiger partial charge in [-0.1, -0.05) is 30.3 Å². The fourth-order valence-electron chi connectivity index (χ4n) is 2.86. The Bertz CT molecular complexity index is 875. The van der Waals surface area contributed by atoms with E-state index in [1.807, 2.05) is 24.3 Å². The summed E-state index contributed by atoms with van der Waals surface area (Å²) in [6.07, 6.45) is -0.512. The van der Waals surface area contributed by atoms with Gasteiger partial charge in [0.05, 0.1) is 11.3 Å². The number of carbonyl (C=O) groups is 2. The number of rotatable bonds is 4. The van der Waals surface area contributed by atoms with Crippen molar-refractivity contribution in [3.63, 3.8) is 0 Å². The van der Waals surface area contributed by atoms with Gasteiger partial charge < -0.3 is 25.8 Å². The van der Waals surface area contributed by atoms with Crippen molar-refractivity contribution in [2.24, 2.45) is 0 Å². The SMILES string of the molecule is CNC(=C1NC(OC)c2ccccc2NC1=O)c1ccc(C(=O)O)cc1. The number of ether oxygens (including phenoxy) is 1. The zero-order valence-corrected chi connectivity index (χ0v) is 14.4. The van der Waals surface area contributed by atoms with Crippen LogP contribution in [0.2, 0.25) is 0 Å². The third-order valence-electron chi connectivity index (χ3n) is 4.15. The van der Waals surface area contributed by atoms with Crippen LogP contribution in [0, 0.1) is 0 Å². The third kappa shape index (κ3) is 3.25. The van der Waals surface area contributed by atoms with Crippen molar-refractivity contribution in [1.82, 2.24) is 10.6 Å². The molecule has 0 aromatic heterocycles. The molecule has 134 valence electrons. The summed E-state index contributed by atoms with van der Waals surface area (Å²) in [5, 5.41) is 18.1. The van der Waals surface area contributed by atoms with Crippen molar-refractivity contribution in [3.8, 4) is 0 Å². The van der Waals surface area contributed by atoms with Crippen molar-refractivity contribution in [3.05, 3.63) is 70.9 Å². The highest BCUT2D eigenvalue weighted by Crippen LogP contribution is 2.29. The molecule has 1 unspecified atom stereocenters. The van der Waals surface area contributed by atoms with Crippen molar-refractivity contribution in [2.45, 2.75) is 6.23 Å². The maximum absolute atomic E-state index is 12.8. The van der Waals surface area contributed by atoms with E-state index in [0.717, 1.165) is 5.56 Å². The lowest BCUT2D eigenvalue weighted by Gasteiger charge is -2.20. The number of amides is 1. The van der Waals surface area contributed by atoms with Gasteiger partial charge in [0, 0.05) is 25.4 Å². The predicted molar refractivity (Wildman–Crippen MR) is 97.3 cm³/mol. The van der Waals surface area contributed by atoms with Gasteiger partial charge in [0.15, 0.2) is 6.23 Å². The topological polar surface area (TPSA) is 99.7 Å². The van der Waals surface area contributed by atoms with Gasteiger partial charge in [-0.2, -0.15) is 0 Å². The van der Waals surface area contributed by atoms with Crippen molar-refractivity contribution < 1.29 is 19.4 Å². The van der Waals surface area contributed by atoms with Crippen LogP contribution in [0.15, 0.2) is 54.2 Å². The summed E-state index contributed by atoms with van der Waals surface area (Å²) in [5.41, 5.74) is 3.18. The van der Waals surface area contributed by atoms with E-state index < -0.39 is 12.2 Å². The van der Waals surface area contributed by atoms with Gasteiger partial charge in [-0.05, 0) is 23.8 Å². The second-order valence-electron chi connectivity index (χ2n) is 5.68. The molecule has 1 heterocycles. The number of para-hydroxylation sites is 1. The first-order valence-electron chi connectivity index (χ1n) is 8.00. The molecule has 0 saturated carbocycles. The summed E-state index contributed by atoms with van der Waals surface area (Å²) in [6, 6.07) is 13.7. The molecule has 0 radical (unpaired) electrons. The highest BCUT2D eigenvalue weighted by Gasteiger charge is 2.27. The molecule has 7 heteroatoms. The number of hydrogen-bond donors (Lipinski definition) is 4. The van der Waals surface area contributed by atoms with Crippen molar-refractivity contribution in [2.75, 3.05) is 19.5 Å². The van der Waals surface area contributed by atoms with Gasteiger partial charge in [0.25, 0.3) is 5.91 Å². The number of carboxylic acid groups (broad SMARTS) is 1. The van der Waals surface area contributed by atoms with E-state index in [4.69, 9.17) is 9.84 Å². The van der Waals surface area contributed by atoms with Crippen LogP contribution in [0.25, 0.3) is 5.70 Å². The van der Waals surface area contributed by atoms with E-state index in [-0.39, 0.29) is 11.5 Å². The van der Waals surface area contributed by atoms with E-state index >= 15 is 0 Å². The smallest absolute Gasteiger partial charge is 0.335 e. The normalized spacial score (nSPS) is 18.1. The maximum Gasteiger partial charge on any atom is 0.335 e. The van der Waals surface area contributed by atoms with Crippen LogP contribution in [-0.2, 0) is 9.53 Å². The number of benzene rings is 2. The lowest BCUT2D eigenvalue weighted by molar-refractivity contribution is -0.113. The van der Waals surface area contributed by atoms with Gasteiger partial charge in [-0.15, -0.1) is 0 Å². The summed E-state index contributed by atoms with van der Waals surface area (Å²) in [7, 11) is 3.25.